The second-order valence-electron chi connectivity index (χ2n) is 8.44. The number of carbonyl (C=O) groups is 2. The van der Waals surface area contributed by atoms with Gasteiger partial charge in [-0.15, -0.1) is 0 Å². The minimum absolute atomic E-state index is 0.0426. The molecule has 0 saturated carbocycles. The molecule has 18 heteroatoms. The first-order valence-electron chi connectivity index (χ1n) is 11.1. The predicted octanol–water partition coefficient (Wildman–Crippen LogP) is 0.468. The van der Waals surface area contributed by atoms with Crippen LogP contribution in [-0.2, 0) is 9.59 Å². The number of hydrogen-bond donors (Lipinski definition) is 6. The molecule has 1 saturated heterocycles. The molecule has 0 atom stereocenters. The number of fused-ring (bicyclic) bond motifs is 2. The Kier molecular flexibility index (Phi) is 7.19. The van der Waals surface area contributed by atoms with Crippen molar-refractivity contribution < 1.29 is 36.7 Å². The van der Waals surface area contributed by atoms with Gasteiger partial charge in [-0.2, -0.15) is 17.9 Å². The summed E-state index contributed by atoms with van der Waals surface area (Å²) in [7, 11) is -3.41. The van der Waals surface area contributed by atoms with Gasteiger partial charge in [0, 0.05) is 19.6 Å². The van der Waals surface area contributed by atoms with Crippen molar-refractivity contribution in [3.8, 4) is 0 Å². The minimum Gasteiger partial charge on any atom is -0.346 e. The van der Waals surface area contributed by atoms with Crippen LogP contribution in [-0.4, -0.2) is 73.9 Å². The number of rotatable bonds is 7. The van der Waals surface area contributed by atoms with Gasteiger partial charge in [0.25, 0.3) is 11.5 Å². The van der Waals surface area contributed by atoms with Crippen LogP contribution in [0.25, 0.3) is 0 Å². The second-order valence-corrected chi connectivity index (χ2v) is 10.2. The number of H-pyrrole nitrogens is 1. The average molecular weight is 564 g/mol. The van der Waals surface area contributed by atoms with Crippen LogP contribution in [0.2, 0.25) is 0 Å². The number of aryl methyl sites for hydroxylation is 2. The summed E-state index contributed by atoms with van der Waals surface area (Å²) in [6.07, 6.45) is -5.42. The van der Waals surface area contributed by atoms with Gasteiger partial charge in [-0.1, -0.05) is 15.7 Å². The highest BCUT2D eigenvalue weighted by atomic mass is 32.3. The van der Waals surface area contributed by atoms with Gasteiger partial charge in [-0.25, -0.2) is 13.9 Å². The number of aromatic amines is 1. The maximum atomic E-state index is 12.9. The van der Waals surface area contributed by atoms with Gasteiger partial charge in [0.2, 0.25) is 0 Å². The van der Waals surface area contributed by atoms with Crippen molar-refractivity contribution >= 4 is 45.7 Å². The van der Waals surface area contributed by atoms with E-state index in [0.29, 0.717) is 11.4 Å². The third-order valence-electron chi connectivity index (χ3n) is 5.88. The first-order chi connectivity index (χ1) is 17.7. The number of amides is 1. The number of nitrogens with zero attached hydrogens (tertiary/aromatic N) is 3. The maximum Gasteiger partial charge on any atom is 0.493 e. The van der Waals surface area contributed by atoms with E-state index in [9.17, 15) is 41.5 Å². The van der Waals surface area contributed by atoms with Crippen LogP contribution in [0.1, 0.15) is 11.1 Å². The van der Waals surface area contributed by atoms with Crippen molar-refractivity contribution in [2.24, 2.45) is 0 Å². The number of hydrogen-bond acceptors (Lipinski definition) is 11. The highest BCUT2D eigenvalue weighted by Crippen LogP contribution is 2.43. The summed E-state index contributed by atoms with van der Waals surface area (Å²) < 4.78 is 61.8. The lowest BCUT2D eigenvalue weighted by molar-refractivity contribution is -0.200. The van der Waals surface area contributed by atoms with Gasteiger partial charge >= 0.3 is 17.8 Å². The third-order valence-corrected chi connectivity index (χ3v) is 7.41. The Morgan fingerprint density at radius 3 is 2.42 bits per heavy atom. The van der Waals surface area contributed by atoms with Gasteiger partial charge in [0.1, 0.15) is 0 Å². The Bertz CT molecular complexity index is 1410. The lowest BCUT2D eigenvalue weighted by Gasteiger charge is -2.36. The van der Waals surface area contributed by atoms with Crippen molar-refractivity contribution in [3.63, 3.8) is 0 Å². The highest BCUT2D eigenvalue weighted by molar-refractivity contribution is 8.21. The molecule has 1 amide bonds. The number of halogens is 3. The van der Waals surface area contributed by atoms with E-state index >= 15 is 0 Å². The molecule has 4 rings (SSSR count). The van der Waals surface area contributed by atoms with Crippen molar-refractivity contribution in [3.05, 3.63) is 44.1 Å². The maximum absolute atomic E-state index is 12.9. The molecule has 2 aromatic rings. The molecular formula is C20H24F3N7O7S. The normalized spacial score (nSPS) is 17.1. The zero-order valence-electron chi connectivity index (χ0n) is 20.0. The lowest BCUT2D eigenvalue weighted by atomic mass is 10.0. The topological polar surface area (TPSA) is 181 Å². The van der Waals surface area contributed by atoms with Crippen LogP contribution in [0.5, 0.6) is 0 Å². The monoisotopic (exact) mass is 563 g/mol. The summed E-state index contributed by atoms with van der Waals surface area (Å²) in [6.45, 7) is 3.47. The van der Waals surface area contributed by atoms with E-state index in [-0.39, 0.29) is 43.1 Å². The molecule has 1 aromatic heterocycles. The van der Waals surface area contributed by atoms with Crippen molar-refractivity contribution in [2.45, 2.75) is 20.0 Å². The van der Waals surface area contributed by atoms with E-state index in [0.717, 1.165) is 15.4 Å². The molecular weight excluding hydrogens is 539 g/mol. The fourth-order valence-electron chi connectivity index (χ4n) is 3.90. The molecule has 0 aliphatic carbocycles. The van der Waals surface area contributed by atoms with E-state index in [2.05, 4.69) is 20.2 Å². The molecule has 14 nitrogen and oxygen atoms in total. The summed E-state index contributed by atoms with van der Waals surface area (Å²) in [5.41, 5.74) is -0.228. The van der Waals surface area contributed by atoms with Crippen molar-refractivity contribution in [1.82, 2.24) is 24.1 Å². The third kappa shape index (κ3) is 5.20. The molecule has 1 fully saturated rings. The highest BCUT2D eigenvalue weighted by Gasteiger charge is 2.43. The molecule has 0 unspecified atom stereocenters. The Balaban J connectivity index is 1.65. The molecule has 0 spiro atoms. The molecule has 0 radical (unpaired) electrons. The summed E-state index contributed by atoms with van der Waals surface area (Å²) in [5, 5.41) is 5.76. The van der Waals surface area contributed by atoms with Gasteiger partial charge in [0.15, 0.2) is 11.5 Å². The Hall–Kier alpha value is -3.58. The largest absolute Gasteiger partial charge is 0.493 e. The van der Waals surface area contributed by atoms with Gasteiger partial charge in [-0.05, 0) is 37.1 Å². The lowest BCUT2D eigenvalue weighted by Crippen LogP contribution is -2.46. The Morgan fingerprint density at radius 2 is 1.79 bits per heavy atom. The number of carbonyl (C=O) groups excluding carboxylic acids is 2. The van der Waals surface area contributed by atoms with Gasteiger partial charge in [0.05, 0.1) is 24.5 Å². The van der Waals surface area contributed by atoms with Crippen molar-refractivity contribution in [1.29, 1.82) is 0 Å². The Morgan fingerprint density at radius 1 is 1.13 bits per heavy atom. The average Bonchev–Trinajstić information content (AvgIpc) is 3.08. The van der Waals surface area contributed by atoms with Crippen LogP contribution >= 0.6 is 11.0 Å². The SMILES string of the molecule is Cc1cc2c(cc1C)N(CCNCCN1C(=O)CNS1(O)O)c1c(c(=O)[nH]c(=O)n1OC(=O)C(F)(F)F)N2. The quantitative estimate of drug-likeness (QED) is 0.258. The molecule has 3 heterocycles. The summed E-state index contributed by atoms with van der Waals surface area (Å²) >= 11 is 0. The van der Waals surface area contributed by atoms with Gasteiger partial charge in [-0.3, -0.25) is 23.7 Å². The number of aromatic nitrogens is 2. The summed E-state index contributed by atoms with van der Waals surface area (Å²) in [6, 6.07) is 3.40. The summed E-state index contributed by atoms with van der Waals surface area (Å²) in [4.78, 5) is 56.0. The van der Waals surface area contributed by atoms with E-state index < -0.39 is 46.1 Å². The second kappa shape index (κ2) is 9.95. The molecule has 2 aliphatic rings. The number of nitrogens with one attached hydrogen (secondary N) is 4. The number of benzene rings is 1. The van der Waals surface area contributed by atoms with Gasteiger partial charge < -0.3 is 20.4 Å². The zero-order chi connectivity index (χ0) is 28.0. The van der Waals surface area contributed by atoms with Crippen LogP contribution < -0.4 is 36.3 Å². The summed E-state index contributed by atoms with van der Waals surface area (Å²) in [5.74, 6) is -3.60. The van der Waals surface area contributed by atoms with Crippen LogP contribution in [0.4, 0.5) is 36.1 Å². The van der Waals surface area contributed by atoms with E-state index in [1.807, 2.05) is 11.9 Å². The van der Waals surface area contributed by atoms with E-state index in [4.69, 9.17) is 0 Å². The smallest absolute Gasteiger partial charge is 0.346 e. The van der Waals surface area contributed by atoms with Crippen LogP contribution in [0.3, 0.4) is 0 Å². The fraction of sp³-hybridized carbons (Fsp3) is 0.400. The van der Waals surface area contributed by atoms with Crippen LogP contribution in [0, 0.1) is 13.8 Å². The first kappa shape index (κ1) is 27.5. The standard InChI is InChI=1S/C20H24F3N7O7S/c1-10-7-12-13(8-11(10)2)28(5-3-24-4-6-29-14(31)9-25-38(29,35)36)17-15(26-12)16(32)27-19(34)30(17)37-18(33)20(21,22)23/h7-8,24-26,35-36H,3-6,9H2,1-2H3,(H,27,32,34). The van der Waals surface area contributed by atoms with E-state index in [1.54, 1.807) is 19.1 Å². The minimum atomic E-state index is -5.42. The van der Waals surface area contributed by atoms with E-state index in [1.165, 1.54) is 4.90 Å². The molecule has 6 N–H and O–H groups in total. The number of alkyl halides is 3. The fourth-order valence-corrected chi connectivity index (χ4v) is 5.07. The first-order valence-corrected chi connectivity index (χ1v) is 12.6. The van der Waals surface area contributed by atoms with Crippen molar-refractivity contribution in [2.75, 3.05) is 42.9 Å². The number of anilines is 4. The molecule has 0 bridgehead atoms. The molecule has 2 aliphatic heterocycles. The molecule has 1 aromatic carbocycles. The Labute approximate surface area is 213 Å². The predicted molar refractivity (Wildman–Crippen MR) is 131 cm³/mol. The molecule has 38 heavy (non-hydrogen) atoms. The molecule has 208 valence electrons. The van der Waals surface area contributed by atoms with Crippen LogP contribution in [0.15, 0.2) is 21.7 Å². The zero-order valence-corrected chi connectivity index (χ0v) is 20.8.